The zero-order chi connectivity index (χ0) is 14.2. The fraction of sp³-hybridized carbons (Fsp3) is 0.235. The van der Waals surface area contributed by atoms with Gasteiger partial charge in [-0.25, -0.2) is 0 Å². The molecule has 0 aliphatic carbocycles. The summed E-state index contributed by atoms with van der Waals surface area (Å²) in [6.07, 6.45) is -0.273. The van der Waals surface area contributed by atoms with Crippen molar-refractivity contribution < 1.29 is 4.74 Å². The number of nitrogens with zero attached hydrogens (tertiary/aromatic N) is 1. The molecule has 0 saturated heterocycles. The second-order valence-electron chi connectivity index (χ2n) is 4.47. The molecule has 2 N–H and O–H groups in total. The van der Waals surface area contributed by atoms with Crippen molar-refractivity contribution in [1.29, 1.82) is 0 Å². The lowest BCUT2D eigenvalue weighted by Crippen LogP contribution is -2.24. The summed E-state index contributed by atoms with van der Waals surface area (Å²) in [6.45, 7) is 3.13. The van der Waals surface area contributed by atoms with Crippen LogP contribution in [0, 0.1) is 0 Å². The Balaban J connectivity index is 2.13. The normalized spacial score (nSPS) is 13.2. The van der Waals surface area contributed by atoms with Gasteiger partial charge in [-0.3, -0.25) is 4.99 Å². The summed E-state index contributed by atoms with van der Waals surface area (Å²) in [5.41, 5.74) is 8.28. The third kappa shape index (κ3) is 3.93. The van der Waals surface area contributed by atoms with Crippen molar-refractivity contribution in [2.75, 3.05) is 6.61 Å². The van der Waals surface area contributed by atoms with Crippen LogP contribution in [0.25, 0.3) is 0 Å². The number of aliphatic imine (C=N–C) groups is 1. The molecule has 0 bridgehead atoms. The molecule has 2 aromatic carbocycles. The summed E-state index contributed by atoms with van der Waals surface area (Å²) in [5.74, 6) is 0.516. The van der Waals surface area contributed by atoms with Crippen LogP contribution in [-0.4, -0.2) is 12.4 Å². The van der Waals surface area contributed by atoms with E-state index in [-0.39, 0.29) is 6.10 Å². The number of rotatable bonds is 6. The Labute approximate surface area is 120 Å². The minimum absolute atomic E-state index is 0.273. The first kappa shape index (κ1) is 14.3. The standard InChI is InChI=1S/C17H20N2O/c1-2-20-16(15-11-7-4-8-12-15)17(18)19-13-14-9-5-3-6-10-14/h3-12,16H,2,13H2,1H3,(H2,18,19)/t16-/m0/s1. The molecule has 0 fully saturated rings. The molecule has 0 aromatic heterocycles. The van der Waals surface area contributed by atoms with Gasteiger partial charge in [0.15, 0.2) is 0 Å². The van der Waals surface area contributed by atoms with Gasteiger partial charge in [-0.1, -0.05) is 60.7 Å². The highest BCUT2D eigenvalue weighted by Crippen LogP contribution is 2.17. The van der Waals surface area contributed by atoms with E-state index in [1.54, 1.807) is 0 Å². The predicted molar refractivity (Wildman–Crippen MR) is 82.6 cm³/mol. The van der Waals surface area contributed by atoms with E-state index in [0.717, 1.165) is 11.1 Å². The topological polar surface area (TPSA) is 47.6 Å². The Morgan fingerprint density at radius 2 is 1.65 bits per heavy atom. The molecule has 0 radical (unpaired) electrons. The van der Waals surface area contributed by atoms with Crippen LogP contribution in [-0.2, 0) is 11.3 Å². The van der Waals surface area contributed by atoms with Crippen LogP contribution in [0.5, 0.6) is 0 Å². The summed E-state index contributed by atoms with van der Waals surface area (Å²) in [4.78, 5) is 4.46. The minimum Gasteiger partial charge on any atom is -0.385 e. The van der Waals surface area contributed by atoms with Gasteiger partial charge in [-0.2, -0.15) is 0 Å². The number of amidine groups is 1. The van der Waals surface area contributed by atoms with Gasteiger partial charge >= 0.3 is 0 Å². The van der Waals surface area contributed by atoms with Gasteiger partial charge in [0.1, 0.15) is 11.9 Å². The van der Waals surface area contributed by atoms with E-state index in [2.05, 4.69) is 4.99 Å². The molecule has 0 spiro atoms. The maximum atomic E-state index is 6.11. The maximum Gasteiger partial charge on any atom is 0.139 e. The summed E-state index contributed by atoms with van der Waals surface area (Å²) in [6, 6.07) is 20.0. The van der Waals surface area contributed by atoms with Gasteiger partial charge in [0.25, 0.3) is 0 Å². The van der Waals surface area contributed by atoms with Gasteiger partial charge in [-0.05, 0) is 18.1 Å². The second-order valence-corrected chi connectivity index (χ2v) is 4.47. The Morgan fingerprint density at radius 3 is 2.25 bits per heavy atom. The van der Waals surface area contributed by atoms with Crippen molar-refractivity contribution in [2.45, 2.75) is 19.6 Å². The number of ether oxygens (including phenoxy) is 1. The van der Waals surface area contributed by atoms with Crippen LogP contribution in [0.3, 0.4) is 0 Å². The van der Waals surface area contributed by atoms with Crippen molar-refractivity contribution in [3.8, 4) is 0 Å². The summed E-state index contributed by atoms with van der Waals surface area (Å²) >= 11 is 0. The van der Waals surface area contributed by atoms with E-state index in [0.29, 0.717) is 19.0 Å². The second kappa shape index (κ2) is 7.46. The van der Waals surface area contributed by atoms with Gasteiger partial charge in [0, 0.05) is 6.61 Å². The van der Waals surface area contributed by atoms with Crippen LogP contribution >= 0.6 is 0 Å². The first-order valence-electron chi connectivity index (χ1n) is 6.81. The molecule has 0 aliphatic rings. The largest absolute Gasteiger partial charge is 0.385 e. The highest BCUT2D eigenvalue weighted by molar-refractivity contribution is 5.86. The Hall–Kier alpha value is -2.13. The van der Waals surface area contributed by atoms with Crippen LogP contribution in [0.4, 0.5) is 0 Å². The van der Waals surface area contributed by atoms with Gasteiger partial charge in [0.2, 0.25) is 0 Å². The lowest BCUT2D eigenvalue weighted by Gasteiger charge is -2.17. The zero-order valence-corrected chi connectivity index (χ0v) is 11.7. The third-order valence-electron chi connectivity index (χ3n) is 2.99. The van der Waals surface area contributed by atoms with Crippen LogP contribution < -0.4 is 5.73 Å². The van der Waals surface area contributed by atoms with E-state index in [9.17, 15) is 0 Å². The fourth-order valence-corrected chi connectivity index (χ4v) is 2.00. The highest BCUT2D eigenvalue weighted by atomic mass is 16.5. The van der Waals surface area contributed by atoms with Crippen LogP contribution in [0.1, 0.15) is 24.2 Å². The Bertz CT molecular complexity index is 537. The monoisotopic (exact) mass is 268 g/mol. The summed E-state index contributed by atoms with van der Waals surface area (Å²) in [5, 5.41) is 0. The summed E-state index contributed by atoms with van der Waals surface area (Å²) in [7, 11) is 0. The smallest absolute Gasteiger partial charge is 0.139 e. The molecule has 0 amide bonds. The number of benzene rings is 2. The molecular formula is C17H20N2O. The van der Waals surface area contributed by atoms with Gasteiger partial charge in [0.05, 0.1) is 6.54 Å². The van der Waals surface area contributed by atoms with E-state index in [1.807, 2.05) is 67.6 Å². The fourth-order valence-electron chi connectivity index (χ4n) is 2.00. The number of nitrogens with two attached hydrogens (primary N) is 1. The molecule has 2 rings (SSSR count). The van der Waals surface area contributed by atoms with E-state index in [1.165, 1.54) is 0 Å². The molecule has 2 aromatic rings. The van der Waals surface area contributed by atoms with E-state index >= 15 is 0 Å². The first-order chi connectivity index (χ1) is 9.81. The molecule has 104 valence electrons. The molecule has 0 unspecified atom stereocenters. The van der Waals surface area contributed by atoms with E-state index in [4.69, 9.17) is 10.5 Å². The van der Waals surface area contributed by atoms with Gasteiger partial charge < -0.3 is 10.5 Å². The molecule has 0 aliphatic heterocycles. The van der Waals surface area contributed by atoms with Crippen molar-refractivity contribution in [2.24, 2.45) is 10.7 Å². The molecule has 3 heteroatoms. The van der Waals surface area contributed by atoms with Crippen molar-refractivity contribution in [3.05, 3.63) is 71.8 Å². The molecule has 1 atom stereocenters. The van der Waals surface area contributed by atoms with Crippen molar-refractivity contribution in [1.82, 2.24) is 0 Å². The first-order valence-corrected chi connectivity index (χ1v) is 6.81. The molecule has 3 nitrogen and oxygen atoms in total. The molecule has 20 heavy (non-hydrogen) atoms. The minimum atomic E-state index is -0.273. The van der Waals surface area contributed by atoms with Crippen LogP contribution in [0.15, 0.2) is 65.7 Å². The Morgan fingerprint density at radius 1 is 1.05 bits per heavy atom. The van der Waals surface area contributed by atoms with Crippen LogP contribution in [0.2, 0.25) is 0 Å². The maximum absolute atomic E-state index is 6.11. The molecule has 0 heterocycles. The van der Waals surface area contributed by atoms with Crippen molar-refractivity contribution in [3.63, 3.8) is 0 Å². The third-order valence-corrected chi connectivity index (χ3v) is 2.99. The average molecular weight is 268 g/mol. The lowest BCUT2D eigenvalue weighted by molar-refractivity contribution is 0.109. The highest BCUT2D eigenvalue weighted by Gasteiger charge is 2.15. The predicted octanol–water partition coefficient (Wildman–Crippen LogP) is 3.32. The van der Waals surface area contributed by atoms with E-state index < -0.39 is 0 Å². The zero-order valence-electron chi connectivity index (χ0n) is 11.7. The molecular weight excluding hydrogens is 248 g/mol. The summed E-state index contributed by atoms with van der Waals surface area (Å²) < 4.78 is 5.72. The number of hydrogen-bond donors (Lipinski definition) is 1. The quantitative estimate of drug-likeness (QED) is 0.645. The lowest BCUT2D eigenvalue weighted by atomic mass is 10.1. The van der Waals surface area contributed by atoms with Gasteiger partial charge in [-0.15, -0.1) is 0 Å². The Kier molecular flexibility index (Phi) is 5.33. The molecule has 0 saturated carbocycles. The SMILES string of the molecule is CCO[C@H](C(N)=NCc1ccccc1)c1ccccc1. The number of hydrogen-bond acceptors (Lipinski definition) is 2. The average Bonchev–Trinajstić information content (AvgIpc) is 2.52. The van der Waals surface area contributed by atoms with Crippen molar-refractivity contribution >= 4 is 5.84 Å².